The van der Waals surface area contributed by atoms with Gasteiger partial charge in [-0.1, -0.05) is 13.2 Å². The molecule has 14 heteroatoms. The molecule has 2 N–H and O–H groups in total. The highest BCUT2D eigenvalue weighted by Gasteiger charge is 2.31. The van der Waals surface area contributed by atoms with Crippen molar-refractivity contribution < 1.29 is 57.2 Å². The lowest BCUT2D eigenvalue weighted by molar-refractivity contribution is -0.152. The van der Waals surface area contributed by atoms with Crippen molar-refractivity contribution in [1.29, 1.82) is 0 Å². The molecule has 36 heavy (non-hydrogen) atoms. The van der Waals surface area contributed by atoms with Gasteiger partial charge >= 0.3 is 36.1 Å². The molecule has 0 rings (SSSR count). The Bertz CT molecular complexity index is 752. The zero-order valence-corrected chi connectivity index (χ0v) is 20.3. The molecule has 0 heterocycles. The number of ether oxygens (including phenoxy) is 6. The third kappa shape index (κ3) is 16.5. The Kier molecular flexibility index (Phi) is 16.2. The number of alkyl carbamates (subject to hydrolysis) is 2. The SMILES string of the molecule is C=CC(=O)OCCNC(=O)OCC(C)(COC(=O)CCC(=O)OC)COC(=O)NCCOC(=O)C=C. The van der Waals surface area contributed by atoms with Crippen LogP contribution in [0.15, 0.2) is 25.3 Å². The van der Waals surface area contributed by atoms with Crippen LogP contribution in [0.4, 0.5) is 9.59 Å². The lowest BCUT2D eigenvalue weighted by Crippen LogP contribution is -2.40. The fraction of sp³-hybridized carbons (Fsp3) is 0.545. The molecule has 14 nitrogen and oxygen atoms in total. The van der Waals surface area contributed by atoms with E-state index in [-0.39, 0.29) is 59.0 Å². The molecule has 0 bridgehead atoms. The van der Waals surface area contributed by atoms with Gasteiger partial charge in [-0.15, -0.1) is 0 Å². The summed E-state index contributed by atoms with van der Waals surface area (Å²) in [5.41, 5.74) is -1.17. The topological polar surface area (TPSA) is 182 Å². The second-order valence-corrected chi connectivity index (χ2v) is 7.30. The summed E-state index contributed by atoms with van der Waals surface area (Å²) in [4.78, 5) is 68.9. The lowest BCUT2D eigenvalue weighted by Gasteiger charge is -2.28. The number of amides is 2. The highest BCUT2D eigenvalue weighted by Crippen LogP contribution is 2.19. The van der Waals surface area contributed by atoms with Crippen LogP contribution in [-0.2, 0) is 47.6 Å². The van der Waals surface area contributed by atoms with E-state index in [0.717, 1.165) is 12.2 Å². The van der Waals surface area contributed by atoms with Crippen molar-refractivity contribution in [3.63, 3.8) is 0 Å². The van der Waals surface area contributed by atoms with Crippen LogP contribution in [-0.4, -0.2) is 89.3 Å². The van der Waals surface area contributed by atoms with Gasteiger partial charge in [0.25, 0.3) is 0 Å². The standard InChI is InChI=1S/C22H32N2O12/c1-5-16(25)32-11-9-23-20(29)35-14-22(3,13-34-19(28)8-7-18(27)31-4)15-36-21(30)24-10-12-33-17(26)6-2/h5-6H,1-2,7-15H2,3-4H3,(H,23,29)(H,24,30). The van der Waals surface area contributed by atoms with E-state index < -0.39 is 41.5 Å². The van der Waals surface area contributed by atoms with Crippen LogP contribution in [0.3, 0.4) is 0 Å². The Balaban J connectivity index is 4.76. The number of hydrogen-bond donors (Lipinski definition) is 2. The van der Waals surface area contributed by atoms with Crippen molar-refractivity contribution in [3.8, 4) is 0 Å². The van der Waals surface area contributed by atoms with E-state index in [1.54, 1.807) is 0 Å². The molecule has 0 aliphatic carbocycles. The molecule has 0 aromatic heterocycles. The van der Waals surface area contributed by atoms with Crippen LogP contribution in [0.5, 0.6) is 0 Å². The van der Waals surface area contributed by atoms with Gasteiger partial charge in [-0.3, -0.25) is 9.59 Å². The molecule has 0 aliphatic heterocycles. The van der Waals surface area contributed by atoms with Crippen molar-refractivity contribution in [2.24, 2.45) is 5.41 Å². The minimum absolute atomic E-state index is 0.0347. The zero-order chi connectivity index (χ0) is 27.4. The Labute approximate surface area is 208 Å². The maximum Gasteiger partial charge on any atom is 0.407 e. The molecule has 0 unspecified atom stereocenters. The molecule has 0 aromatic rings. The molecule has 202 valence electrons. The van der Waals surface area contributed by atoms with Gasteiger partial charge in [-0.25, -0.2) is 19.2 Å². The Morgan fingerprint density at radius 1 is 0.694 bits per heavy atom. The molecule has 0 fully saturated rings. The summed E-state index contributed by atoms with van der Waals surface area (Å²) >= 11 is 0. The molecule has 0 saturated carbocycles. The lowest BCUT2D eigenvalue weighted by atomic mass is 9.94. The number of carbonyl (C=O) groups is 6. The molecule has 2 amide bonds. The zero-order valence-electron chi connectivity index (χ0n) is 20.3. The van der Waals surface area contributed by atoms with Crippen molar-refractivity contribution in [2.75, 3.05) is 53.2 Å². The Morgan fingerprint density at radius 3 is 1.53 bits per heavy atom. The summed E-state index contributed by atoms with van der Waals surface area (Å²) in [6, 6.07) is 0. The van der Waals surface area contributed by atoms with Gasteiger partial charge in [0, 0.05) is 12.2 Å². The van der Waals surface area contributed by atoms with Gasteiger partial charge in [0.1, 0.15) is 33.0 Å². The summed E-state index contributed by atoms with van der Waals surface area (Å²) in [6.07, 6.45) is -0.196. The van der Waals surface area contributed by atoms with Crippen molar-refractivity contribution in [1.82, 2.24) is 10.6 Å². The quantitative estimate of drug-likeness (QED) is 0.118. The fourth-order valence-electron chi connectivity index (χ4n) is 2.07. The van der Waals surface area contributed by atoms with Crippen LogP contribution < -0.4 is 10.6 Å². The third-order valence-corrected chi connectivity index (χ3v) is 4.01. The first kappa shape index (κ1) is 31.9. The minimum atomic E-state index is -1.17. The highest BCUT2D eigenvalue weighted by molar-refractivity contribution is 5.81. The van der Waals surface area contributed by atoms with Gasteiger partial charge in [-0.2, -0.15) is 0 Å². The third-order valence-electron chi connectivity index (χ3n) is 4.01. The molecule has 0 saturated heterocycles. The van der Waals surface area contributed by atoms with Gasteiger partial charge in [-0.05, 0) is 6.92 Å². The first-order valence-electron chi connectivity index (χ1n) is 10.7. The van der Waals surface area contributed by atoms with Crippen LogP contribution in [0.25, 0.3) is 0 Å². The predicted octanol–water partition coefficient (Wildman–Crippen LogP) is 0.400. The van der Waals surface area contributed by atoms with Crippen LogP contribution in [0.2, 0.25) is 0 Å². The van der Waals surface area contributed by atoms with E-state index in [0.29, 0.717) is 0 Å². The van der Waals surface area contributed by atoms with E-state index >= 15 is 0 Å². The van der Waals surface area contributed by atoms with Crippen LogP contribution in [0.1, 0.15) is 19.8 Å². The summed E-state index contributed by atoms with van der Waals surface area (Å²) in [5, 5.41) is 4.70. The van der Waals surface area contributed by atoms with Crippen molar-refractivity contribution in [3.05, 3.63) is 25.3 Å². The second kappa shape index (κ2) is 18.3. The largest absolute Gasteiger partial charge is 0.469 e. The number of nitrogens with one attached hydrogen (secondary N) is 2. The summed E-state index contributed by atoms with van der Waals surface area (Å²) in [7, 11) is 1.18. The number of esters is 4. The van der Waals surface area contributed by atoms with Gasteiger partial charge in [0.15, 0.2) is 0 Å². The minimum Gasteiger partial charge on any atom is -0.469 e. The second-order valence-electron chi connectivity index (χ2n) is 7.30. The van der Waals surface area contributed by atoms with Gasteiger partial charge < -0.3 is 39.1 Å². The smallest absolute Gasteiger partial charge is 0.407 e. The van der Waals surface area contributed by atoms with E-state index in [2.05, 4.69) is 28.5 Å². The highest BCUT2D eigenvalue weighted by atomic mass is 16.6. The molecule has 0 aromatic carbocycles. The molecular weight excluding hydrogens is 484 g/mol. The Hall–Kier alpha value is -4.10. The average Bonchev–Trinajstić information content (AvgIpc) is 2.88. The number of rotatable bonds is 17. The Morgan fingerprint density at radius 2 is 1.11 bits per heavy atom. The monoisotopic (exact) mass is 516 g/mol. The first-order valence-corrected chi connectivity index (χ1v) is 10.7. The fourth-order valence-corrected chi connectivity index (χ4v) is 2.07. The number of carbonyl (C=O) groups excluding carboxylic acids is 6. The molecule has 0 atom stereocenters. The van der Waals surface area contributed by atoms with E-state index in [4.69, 9.17) is 23.7 Å². The summed E-state index contributed by atoms with van der Waals surface area (Å²) in [6.45, 7) is 6.73. The van der Waals surface area contributed by atoms with Crippen LogP contribution >= 0.6 is 0 Å². The maximum absolute atomic E-state index is 11.9. The van der Waals surface area contributed by atoms with Crippen molar-refractivity contribution >= 4 is 36.1 Å². The molecule has 0 spiro atoms. The summed E-state index contributed by atoms with van der Waals surface area (Å²) < 4.78 is 29.2. The average molecular weight is 517 g/mol. The van der Waals surface area contributed by atoms with Gasteiger partial charge in [0.2, 0.25) is 0 Å². The molecular formula is C22H32N2O12. The number of methoxy groups -OCH3 is 1. The first-order chi connectivity index (χ1) is 17.0. The summed E-state index contributed by atoms with van der Waals surface area (Å²) in [5.74, 6) is -2.61. The maximum atomic E-state index is 11.9. The molecule has 0 aliphatic rings. The van der Waals surface area contributed by atoms with E-state index in [1.165, 1.54) is 14.0 Å². The van der Waals surface area contributed by atoms with Crippen LogP contribution in [0, 0.1) is 5.41 Å². The normalized spacial score (nSPS) is 10.2. The molecule has 0 radical (unpaired) electrons. The predicted molar refractivity (Wildman–Crippen MR) is 121 cm³/mol. The van der Waals surface area contributed by atoms with E-state index in [1.807, 2.05) is 0 Å². The van der Waals surface area contributed by atoms with E-state index in [9.17, 15) is 28.8 Å². The van der Waals surface area contributed by atoms with Crippen molar-refractivity contribution in [2.45, 2.75) is 19.8 Å². The number of hydrogen-bond acceptors (Lipinski definition) is 12. The van der Waals surface area contributed by atoms with Gasteiger partial charge in [0.05, 0.1) is 38.5 Å².